The maximum atomic E-state index is 13.3. The largest absolute Gasteiger partial charge is 0.508 e. The highest BCUT2D eigenvalue weighted by Crippen LogP contribution is 2.17. The van der Waals surface area contributed by atoms with E-state index in [1.807, 2.05) is 26.0 Å². The Balaban J connectivity index is 0.00000533. The third-order valence-electron chi connectivity index (χ3n) is 5.79. The van der Waals surface area contributed by atoms with E-state index in [1.54, 1.807) is 29.6 Å². The maximum Gasteiger partial charge on any atom is 0.330 e. The van der Waals surface area contributed by atoms with Crippen LogP contribution in [0.3, 0.4) is 0 Å². The topological polar surface area (TPSA) is 143 Å². The van der Waals surface area contributed by atoms with E-state index in [2.05, 4.69) is 25.9 Å². The summed E-state index contributed by atoms with van der Waals surface area (Å²) in [4.78, 5) is 47.6. The van der Waals surface area contributed by atoms with Crippen LogP contribution in [0.25, 0.3) is 0 Å². The Hall–Kier alpha value is -3.99. The molecule has 1 aromatic carbocycles. The zero-order chi connectivity index (χ0) is 27.5. The molecule has 210 valence electrons. The van der Waals surface area contributed by atoms with Crippen molar-refractivity contribution >= 4 is 35.1 Å². The van der Waals surface area contributed by atoms with Gasteiger partial charge in [0, 0.05) is 13.1 Å². The number of hydrogen-bond acceptors (Lipinski definition) is 9. The second kappa shape index (κ2) is 15.4. The Morgan fingerprint density at radius 1 is 1.05 bits per heavy atom. The van der Waals surface area contributed by atoms with Gasteiger partial charge in [-0.25, -0.2) is 14.8 Å². The van der Waals surface area contributed by atoms with Crippen LogP contribution in [0.2, 0.25) is 0 Å². The highest BCUT2D eigenvalue weighted by molar-refractivity contribution is 7.12. The SMILES string of the molecule is C.CCc1nc(NCCCc2cccc(O)c2)nc(CC)c1C(=O)N[C@@H](CNC(=O)c1cccs1)C(=O)OC. The van der Waals surface area contributed by atoms with Gasteiger partial charge in [0.1, 0.15) is 11.8 Å². The van der Waals surface area contributed by atoms with E-state index in [1.165, 1.54) is 18.4 Å². The first-order valence-electron chi connectivity index (χ1n) is 12.5. The molecule has 0 fully saturated rings. The van der Waals surface area contributed by atoms with Crippen molar-refractivity contribution in [1.82, 2.24) is 20.6 Å². The Labute approximate surface area is 233 Å². The lowest BCUT2D eigenvalue weighted by molar-refractivity contribution is -0.142. The Kier molecular flexibility index (Phi) is 12.4. The first kappa shape index (κ1) is 31.2. The minimum absolute atomic E-state index is 0. The van der Waals surface area contributed by atoms with Crippen LogP contribution in [0.1, 0.15) is 64.7 Å². The molecule has 11 heteroatoms. The van der Waals surface area contributed by atoms with Crippen molar-refractivity contribution < 1.29 is 24.2 Å². The summed E-state index contributed by atoms with van der Waals surface area (Å²) >= 11 is 1.28. The van der Waals surface area contributed by atoms with Crippen molar-refractivity contribution in [3.63, 3.8) is 0 Å². The summed E-state index contributed by atoms with van der Waals surface area (Å²) in [5.41, 5.74) is 2.46. The third kappa shape index (κ3) is 8.78. The molecule has 2 amide bonds. The van der Waals surface area contributed by atoms with Gasteiger partial charge in [0.25, 0.3) is 11.8 Å². The van der Waals surface area contributed by atoms with E-state index in [4.69, 9.17) is 4.74 Å². The number of phenols is 1. The minimum atomic E-state index is -1.08. The molecule has 3 aromatic rings. The summed E-state index contributed by atoms with van der Waals surface area (Å²) in [5.74, 6) is -0.845. The molecular weight excluding hydrogens is 518 g/mol. The number of methoxy groups -OCH3 is 1. The summed E-state index contributed by atoms with van der Waals surface area (Å²) in [7, 11) is 1.22. The van der Waals surface area contributed by atoms with E-state index in [0.29, 0.717) is 47.2 Å². The molecule has 0 bridgehead atoms. The number of rotatable bonds is 13. The Morgan fingerprint density at radius 3 is 2.36 bits per heavy atom. The number of anilines is 1. The lowest BCUT2D eigenvalue weighted by Gasteiger charge is -2.19. The van der Waals surface area contributed by atoms with Gasteiger partial charge >= 0.3 is 5.97 Å². The number of carbonyl (C=O) groups excluding carboxylic acids is 3. The molecule has 0 spiro atoms. The molecule has 0 saturated heterocycles. The first-order valence-corrected chi connectivity index (χ1v) is 13.4. The Morgan fingerprint density at radius 2 is 1.77 bits per heavy atom. The maximum absolute atomic E-state index is 13.3. The van der Waals surface area contributed by atoms with Gasteiger partial charge in [-0.2, -0.15) is 0 Å². The van der Waals surface area contributed by atoms with Crippen LogP contribution in [0.15, 0.2) is 41.8 Å². The molecule has 4 N–H and O–H groups in total. The van der Waals surface area contributed by atoms with Gasteiger partial charge in [-0.3, -0.25) is 9.59 Å². The Bertz CT molecular complexity index is 1220. The zero-order valence-electron chi connectivity index (χ0n) is 21.7. The fraction of sp³-hybridized carbons (Fsp3) is 0.393. The number of nitrogens with one attached hydrogen (secondary N) is 3. The number of ether oxygens (including phenoxy) is 1. The van der Waals surface area contributed by atoms with Gasteiger partial charge in [0.2, 0.25) is 5.95 Å². The van der Waals surface area contributed by atoms with E-state index in [0.717, 1.165) is 18.4 Å². The summed E-state index contributed by atoms with van der Waals surface area (Å²) in [6.45, 7) is 4.27. The highest BCUT2D eigenvalue weighted by atomic mass is 32.1. The van der Waals surface area contributed by atoms with Crippen LogP contribution in [-0.4, -0.2) is 59.1 Å². The van der Waals surface area contributed by atoms with Crippen molar-refractivity contribution in [3.8, 4) is 5.75 Å². The van der Waals surface area contributed by atoms with Crippen molar-refractivity contribution in [2.45, 2.75) is 53.0 Å². The first-order chi connectivity index (χ1) is 18.4. The van der Waals surface area contributed by atoms with Gasteiger partial charge < -0.3 is 25.8 Å². The predicted octanol–water partition coefficient (Wildman–Crippen LogP) is 3.75. The normalized spacial score (nSPS) is 11.2. The van der Waals surface area contributed by atoms with Gasteiger partial charge in [0.05, 0.1) is 28.9 Å². The van der Waals surface area contributed by atoms with Gasteiger partial charge in [-0.05, 0) is 54.8 Å². The van der Waals surface area contributed by atoms with Crippen molar-refractivity contribution in [3.05, 3.63) is 69.2 Å². The molecule has 0 radical (unpaired) electrons. The number of hydrogen-bond donors (Lipinski definition) is 4. The monoisotopic (exact) mass is 555 g/mol. The highest BCUT2D eigenvalue weighted by Gasteiger charge is 2.27. The lowest BCUT2D eigenvalue weighted by atomic mass is 10.1. The number of benzene rings is 1. The fourth-order valence-corrected chi connectivity index (χ4v) is 4.51. The van der Waals surface area contributed by atoms with Crippen molar-refractivity contribution in [1.29, 1.82) is 0 Å². The van der Waals surface area contributed by atoms with Crippen LogP contribution in [-0.2, 0) is 28.8 Å². The lowest BCUT2D eigenvalue weighted by Crippen LogP contribution is -2.49. The molecule has 0 aliphatic carbocycles. The number of esters is 1. The summed E-state index contributed by atoms with van der Waals surface area (Å²) in [6, 6.07) is 9.50. The quantitative estimate of drug-likeness (QED) is 0.185. The van der Waals surface area contributed by atoms with E-state index >= 15 is 0 Å². The molecule has 2 aromatic heterocycles. The molecule has 3 rings (SSSR count). The van der Waals surface area contributed by atoms with Crippen LogP contribution in [0.5, 0.6) is 5.75 Å². The average Bonchev–Trinajstić information content (AvgIpc) is 3.47. The molecule has 0 unspecified atom stereocenters. The summed E-state index contributed by atoms with van der Waals surface area (Å²) in [5, 5.41) is 20.0. The van der Waals surface area contributed by atoms with Gasteiger partial charge in [0.15, 0.2) is 0 Å². The number of aryl methyl sites for hydroxylation is 3. The van der Waals surface area contributed by atoms with E-state index in [9.17, 15) is 19.5 Å². The number of amides is 2. The van der Waals surface area contributed by atoms with Gasteiger partial charge in [-0.1, -0.05) is 39.5 Å². The van der Waals surface area contributed by atoms with E-state index < -0.39 is 17.9 Å². The molecule has 39 heavy (non-hydrogen) atoms. The average molecular weight is 556 g/mol. The molecule has 0 aliphatic rings. The summed E-state index contributed by atoms with van der Waals surface area (Å²) < 4.78 is 4.84. The van der Waals surface area contributed by atoms with Crippen molar-refractivity contribution in [2.24, 2.45) is 0 Å². The number of phenolic OH excluding ortho intramolecular Hbond substituents is 1. The molecule has 10 nitrogen and oxygen atoms in total. The number of aromatic hydroxyl groups is 1. The van der Waals surface area contributed by atoms with Gasteiger partial charge in [-0.15, -0.1) is 11.3 Å². The van der Waals surface area contributed by atoms with E-state index in [-0.39, 0.29) is 25.6 Å². The number of aromatic nitrogens is 2. The molecule has 2 heterocycles. The second-order valence-electron chi connectivity index (χ2n) is 8.46. The van der Waals surface area contributed by atoms with Crippen molar-refractivity contribution in [2.75, 3.05) is 25.5 Å². The van der Waals surface area contributed by atoms with Crippen LogP contribution in [0.4, 0.5) is 5.95 Å². The molecular formula is C28H37N5O5S. The fourth-order valence-electron chi connectivity index (χ4n) is 3.87. The standard InChI is InChI=1S/C27H33N5O5S.CH4/c1-4-19-23(25(35)30-21(26(36)37-3)16-29-24(34)22-12-8-14-38-22)20(5-2)32-27(31-19)28-13-7-10-17-9-6-11-18(33)15-17;/h6,8-9,11-12,14-15,21,33H,4-5,7,10,13,16H2,1-3H3,(H,29,34)(H,30,35)(H,28,31,32);1H4/t21-;/m0./s1. The number of thiophene rings is 1. The molecule has 0 aliphatic heterocycles. The zero-order valence-corrected chi connectivity index (χ0v) is 22.6. The van der Waals surface area contributed by atoms with Crippen LogP contribution < -0.4 is 16.0 Å². The summed E-state index contributed by atoms with van der Waals surface area (Å²) in [6.07, 6.45) is 2.54. The predicted molar refractivity (Wildman–Crippen MR) is 152 cm³/mol. The van der Waals surface area contributed by atoms with Crippen LogP contribution in [0, 0.1) is 0 Å². The van der Waals surface area contributed by atoms with Crippen LogP contribution >= 0.6 is 11.3 Å². The third-order valence-corrected chi connectivity index (χ3v) is 6.66. The smallest absolute Gasteiger partial charge is 0.330 e. The minimum Gasteiger partial charge on any atom is -0.508 e. The molecule has 1 atom stereocenters. The molecule has 0 saturated carbocycles. The number of nitrogens with zero attached hydrogens (tertiary/aromatic N) is 2. The second-order valence-corrected chi connectivity index (χ2v) is 9.41. The number of carbonyl (C=O) groups is 3.